The van der Waals surface area contributed by atoms with Crippen LogP contribution < -0.4 is 5.32 Å². The second-order valence-corrected chi connectivity index (χ2v) is 4.79. The first-order valence-corrected chi connectivity index (χ1v) is 6.90. The molecular formula is C13H18N4O2S. The van der Waals surface area contributed by atoms with Crippen molar-refractivity contribution >= 4 is 23.0 Å². The normalized spacial score (nSPS) is 18.1. The van der Waals surface area contributed by atoms with Gasteiger partial charge < -0.3 is 15.2 Å². The number of thiocarbonyl (C=S) groups is 1. The molecule has 0 radical (unpaired) electrons. The maximum Gasteiger partial charge on any atom is 0.217 e. The topological polar surface area (TPSA) is 69.5 Å². The van der Waals surface area contributed by atoms with E-state index < -0.39 is 6.23 Å². The lowest BCUT2D eigenvalue weighted by molar-refractivity contribution is 0.0153. The van der Waals surface area contributed by atoms with Crippen molar-refractivity contribution in [1.82, 2.24) is 4.90 Å². The molecule has 1 aliphatic heterocycles. The van der Waals surface area contributed by atoms with Gasteiger partial charge in [0.2, 0.25) is 5.11 Å². The van der Waals surface area contributed by atoms with E-state index in [1.54, 1.807) is 0 Å². The monoisotopic (exact) mass is 294 g/mol. The molecule has 0 spiro atoms. The first-order chi connectivity index (χ1) is 9.74. The van der Waals surface area contributed by atoms with Crippen molar-refractivity contribution in [2.24, 2.45) is 10.2 Å². The van der Waals surface area contributed by atoms with Gasteiger partial charge >= 0.3 is 0 Å². The molecule has 0 aromatic heterocycles. The largest absolute Gasteiger partial charge is 0.379 e. The van der Waals surface area contributed by atoms with Gasteiger partial charge in [0.1, 0.15) is 0 Å². The van der Waals surface area contributed by atoms with Crippen LogP contribution >= 0.6 is 12.2 Å². The fourth-order valence-corrected chi connectivity index (χ4v) is 2.01. The van der Waals surface area contributed by atoms with Gasteiger partial charge in [0.25, 0.3) is 0 Å². The summed E-state index contributed by atoms with van der Waals surface area (Å²) < 4.78 is 5.24. The van der Waals surface area contributed by atoms with E-state index in [9.17, 15) is 5.11 Å². The molecule has 0 aliphatic carbocycles. The SMILES string of the molecule is OC(CN1CCOCC1)/N=N\C(=S)Nc1ccccc1. The maximum atomic E-state index is 9.79. The van der Waals surface area contributed by atoms with Gasteiger partial charge in [-0.1, -0.05) is 18.2 Å². The van der Waals surface area contributed by atoms with Crippen LogP contribution in [0.5, 0.6) is 0 Å². The number of hydrogen-bond donors (Lipinski definition) is 2. The number of ether oxygens (including phenoxy) is 1. The van der Waals surface area contributed by atoms with Gasteiger partial charge in [-0.15, -0.1) is 5.11 Å². The molecule has 1 atom stereocenters. The number of rotatable bonds is 4. The van der Waals surface area contributed by atoms with Crippen molar-refractivity contribution in [3.05, 3.63) is 30.3 Å². The van der Waals surface area contributed by atoms with Gasteiger partial charge in [-0.05, 0) is 24.4 Å². The van der Waals surface area contributed by atoms with Crippen LogP contribution in [-0.4, -0.2) is 54.2 Å². The highest BCUT2D eigenvalue weighted by Crippen LogP contribution is 2.06. The second kappa shape index (κ2) is 8.01. The van der Waals surface area contributed by atoms with Gasteiger partial charge in [-0.3, -0.25) is 4.90 Å². The summed E-state index contributed by atoms with van der Waals surface area (Å²) in [7, 11) is 0. The molecule has 0 bridgehead atoms. The summed E-state index contributed by atoms with van der Waals surface area (Å²) in [5.74, 6) is 0. The van der Waals surface area contributed by atoms with Crippen LogP contribution in [0.25, 0.3) is 0 Å². The van der Waals surface area contributed by atoms with Crippen molar-refractivity contribution in [3.63, 3.8) is 0 Å². The molecule has 2 rings (SSSR count). The number of nitrogens with zero attached hydrogens (tertiary/aromatic N) is 3. The number of hydrogen-bond acceptors (Lipinski definition) is 5. The van der Waals surface area contributed by atoms with Gasteiger partial charge in [0.05, 0.1) is 13.2 Å². The van der Waals surface area contributed by atoms with Crippen molar-refractivity contribution in [2.45, 2.75) is 6.23 Å². The Morgan fingerprint density at radius 3 is 2.75 bits per heavy atom. The summed E-state index contributed by atoms with van der Waals surface area (Å²) in [5.41, 5.74) is 0.846. The Morgan fingerprint density at radius 1 is 1.35 bits per heavy atom. The van der Waals surface area contributed by atoms with Crippen LogP contribution in [-0.2, 0) is 4.74 Å². The summed E-state index contributed by atoms with van der Waals surface area (Å²) in [6, 6.07) is 9.48. The van der Waals surface area contributed by atoms with Gasteiger partial charge in [0, 0.05) is 25.3 Å². The van der Waals surface area contributed by atoms with E-state index in [2.05, 4.69) is 20.4 Å². The maximum absolute atomic E-state index is 9.79. The minimum atomic E-state index is -0.872. The molecule has 0 amide bonds. The van der Waals surface area contributed by atoms with E-state index in [-0.39, 0.29) is 5.11 Å². The number of aliphatic hydroxyl groups excluding tert-OH is 1. The molecule has 1 aromatic carbocycles. The summed E-state index contributed by atoms with van der Waals surface area (Å²) in [6.45, 7) is 3.44. The summed E-state index contributed by atoms with van der Waals surface area (Å²) in [4.78, 5) is 2.08. The van der Waals surface area contributed by atoms with Crippen molar-refractivity contribution in [2.75, 3.05) is 38.2 Å². The van der Waals surface area contributed by atoms with Crippen LogP contribution in [0.4, 0.5) is 5.69 Å². The highest BCUT2D eigenvalue weighted by molar-refractivity contribution is 7.80. The number of para-hydroxylation sites is 1. The predicted octanol–water partition coefficient (Wildman–Crippen LogP) is 1.49. The van der Waals surface area contributed by atoms with E-state index in [0.29, 0.717) is 19.8 Å². The fourth-order valence-electron chi connectivity index (χ4n) is 1.84. The molecule has 7 heteroatoms. The average Bonchev–Trinajstić information content (AvgIpc) is 2.47. The van der Waals surface area contributed by atoms with E-state index in [1.165, 1.54) is 0 Å². The Hall–Kier alpha value is -1.41. The first kappa shape index (κ1) is 15.0. The first-order valence-electron chi connectivity index (χ1n) is 6.49. The Kier molecular flexibility index (Phi) is 6.00. The van der Waals surface area contributed by atoms with E-state index >= 15 is 0 Å². The number of azo groups is 1. The molecular weight excluding hydrogens is 276 g/mol. The molecule has 108 valence electrons. The zero-order chi connectivity index (χ0) is 14.2. The second-order valence-electron chi connectivity index (χ2n) is 4.41. The standard InChI is InChI=1S/C13H18N4O2S/c18-12(10-17-6-8-19-9-7-17)15-16-13(20)14-11-4-2-1-3-5-11/h1-5,12,18H,6-10H2,(H,14,20)/b16-15-. The molecule has 1 aromatic rings. The molecule has 0 saturated carbocycles. The van der Waals surface area contributed by atoms with Gasteiger partial charge in [0.15, 0.2) is 6.23 Å². The molecule has 20 heavy (non-hydrogen) atoms. The average molecular weight is 294 g/mol. The van der Waals surface area contributed by atoms with Crippen molar-refractivity contribution < 1.29 is 9.84 Å². The number of anilines is 1. The predicted molar refractivity (Wildman–Crippen MR) is 80.8 cm³/mol. The van der Waals surface area contributed by atoms with E-state index in [1.807, 2.05) is 30.3 Å². The van der Waals surface area contributed by atoms with E-state index in [4.69, 9.17) is 17.0 Å². The molecule has 2 N–H and O–H groups in total. The Bertz CT molecular complexity index is 449. The van der Waals surface area contributed by atoms with Crippen molar-refractivity contribution in [3.8, 4) is 0 Å². The molecule has 1 unspecified atom stereocenters. The molecule has 1 aliphatic rings. The summed E-state index contributed by atoms with van der Waals surface area (Å²) in [6.07, 6.45) is -0.872. The van der Waals surface area contributed by atoms with Crippen LogP contribution in [0.3, 0.4) is 0 Å². The quantitative estimate of drug-likeness (QED) is 0.650. The van der Waals surface area contributed by atoms with Gasteiger partial charge in [-0.2, -0.15) is 5.11 Å². The van der Waals surface area contributed by atoms with Gasteiger partial charge in [-0.25, -0.2) is 0 Å². The number of benzene rings is 1. The lowest BCUT2D eigenvalue weighted by Gasteiger charge is -2.26. The lowest BCUT2D eigenvalue weighted by atomic mass is 10.3. The highest BCUT2D eigenvalue weighted by Gasteiger charge is 2.14. The molecule has 6 nitrogen and oxygen atoms in total. The van der Waals surface area contributed by atoms with E-state index in [0.717, 1.165) is 18.8 Å². The van der Waals surface area contributed by atoms with Crippen LogP contribution in [0.15, 0.2) is 40.6 Å². The minimum Gasteiger partial charge on any atom is -0.379 e. The third-order valence-electron chi connectivity index (χ3n) is 2.83. The van der Waals surface area contributed by atoms with Crippen LogP contribution in [0, 0.1) is 0 Å². The zero-order valence-electron chi connectivity index (χ0n) is 11.1. The Labute approximate surface area is 123 Å². The van der Waals surface area contributed by atoms with Crippen molar-refractivity contribution in [1.29, 1.82) is 0 Å². The number of nitrogens with one attached hydrogen (secondary N) is 1. The smallest absolute Gasteiger partial charge is 0.217 e. The Balaban J connectivity index is 1.75. The lowest BCUT2D eigenvalue weighted by Crippen LogP contribution is -2.40. The van der Waals surface area contributed by atoms with Crippen LogP contribution in [0.2, 0.25) is 0 Å². The third kappa shape index (κ3) is 5.30. The highest BCUT2D eigenvalue weighted by atomic mass is 32.1. The molecule has 1 saturated heterocycles. The summed E-state index contributed by atoms with van der Waals surface area (Å²) >= 11 is 5.04. The van der Waals surface area contributed by atoms with Crippen LogP contribution in [0.1, 0.15) is 0 Å². The summed E-state index contributed by atoms with van der Waals surface area (Å²) in [5, 5.41) is 20.6. The molecule has 1 heterocycles. The number of morpholine rings is 1. The Morgan fingerprint density at radius 2 is 2.05 bits per heavy atom. The number of β-amino-alcohol motifs (C(OH)–C–C–N with tert-alkyl or cyclic N) is 1. The molecule has 1 fully saturated rings. The zero-order valence-corrected chi connectivity index (χ0v) is 11.9. The fraction of sp³-hybridized carbons (Fsp3) is 0.462. The number of aliphatic hydroxyl groups is 1. The minimum absolute atomic E-state index is 0.234. The third-order valence-corrected chi connectivity index (χ3v) is 3.02.